The lowest BCUT2D eigenvalue weighted by atomic mass is 9.92. The van der Waals surface area contributed by atoms with Crippen LogP contribution in [0.4, 0.5) is 11.8 Å². The molecule has 0 aromatic carbocycles. The van der Waals surface area contributed by atoms with E-state index in [4.69, 9.17) is 0 Å². The van der Waals surface area contributed by atoms with Crippen LogP contribution in [0.25, 0.3) is 0 Å². The Morgan fingerprint density at radius 2 is 2.21 bits per heavy atom. The van der Waals surface area contributed by atoms with Gasteiger partial charge in [-0.05, 0) is 38.0 Å². The Balaban J connectivity index is 2.03. The van der Waals surface area contributed by atoms with Crippen LogP contribution < -0.4 is 10.6 Å². The van der Waals surface area contributed by atoms with E-state index in [2.05, 4.69) is 48.3 Å². The standard InChI is InChI=1S/C15H26N4/c1-5-8-16-14-17-10-11(2)13(19-14)18-12-6-7-15(3,4)9-12/h10,12H,5-9H2,1-4H3,(H2,16,17,18,19). The van der Waals surface area contributed by atoms with Gasteiger partial charge in [-0.3, -0.25) is 0 Å². The van der Waals surface area contributed by atoms with Crippen LogP contribution in [0.2, 0.25) is 0 Å². The fraction of sp³-hybridized carbons (Fsp3) is 0.733. The number of rotatable bonds is 5. The topological polar surface area (TPSA) is 49.8 Å². The minimum Gasteiger partial charge on any atom is -0.367 e. The van der Waals surface area contributed by atoms with E-state index in [-0.39, 0.29) is 0 Å². The Kier molecular flexibility index (Phi) is 4.27. The third-order valence-electron chi connectivity index (χ3n) is 3.81. The van der Waals surface area contributed by atoms with Crippen molar-refractivity contribution >= 4 is 11.8 Å². The Hall–Kier alpha value is -1.32. The molecular weight excluding hydrogens is 236 g/mol. The van der Waals surface area contributed by atoms with E-state index in [0.717, 1.165) is 30.3 Å². The van der Waals surface area contributed by atoms with Crippen molar-refractivity contribution in [2.24, 2.45) is 5.41 Å². The van der Waals surface area contributed by atoms with Crippen molar-refractivity contribution in [3.63, 3.8) is 0 Å². The van der Waals surface area contributed by atoms with E-state index in [1.54, 1.807) is 0 Å². The summed E-state index contributed by atoms with van der Waals surface area (Å²) >= 11 is 0. The predicted octanol–water partition coefficient (Wildman–Crippen LogP) is 3.60. The summed E-state index contributed by atoms with van der Waals surface area (Å²) in [7, 11) is 0. The van der Waals surface area contributed by atoms with Crippen LogP contribution in [0.15, 0.2) is 6.20 Å². The molecule has 1 atom stereocenters. The van der Waals surface area contributed by atoms with Gasteiger partial charge in [0.2, 0.25) is 5.95 Å². The first-order valence-corrected chi connectivity index (χ1v) is 7.34. The summed E-state index contributed by atoms with van der Waals surface area (Å²) in [4.78, 5) is 8.91. The van der Waals surface area contributed by atoms with Gasteiger partial charge < -0.3 is 10.6 Å². The lowest BCUT2D eigenvalue weighted by Gasteiger charge is -2.19. The molecule has 0 amide bonds. The van der Waals surface area contributed by atoms with Gasteiger partial charge in [0.1, 0.15) is 5.82 Å². The molecule has 1 aliphatic rings. The van der Waals surface area contributed by atoms with Crippen molar-refractivity contribution in [2.75, 3.05) is 17.2 Å². The molecule has 4 nitrogen and oxygen atoms in total. The highest BCUT2D eigenvalue weighted by atomic mass is 15.1. The van der Waals surface area contributed by atoms with E-state index in [9.17, 15) is 0 Å². The van der Waals surface area contributed by atoms with Crippen LogP contribution in [0.1, 0.15) is 52.0 Å². The van der Waals surface area contributed by atoms with Crippen molar-refractivity contribution < 1.29 is 0 Å². The van der Waals surface area contributed by atoms with Crippen molar-refractivity contribution in [1.82, 2.24) is 9.97 Å². The van der Waals surface area contributed by atoms with Gasteiger partial charge in [-0.25, -0.2) is 4.98 Å². The molecule has 0 aliphatic heterocycles. The molecular formula is C15H26N4. The Morgan fingerprint density at radius 1 is 1.42 bits per heavy atom. The maximum atomic E-state index is 4.59. The van der Waals surface area contributed by atoms with E-state index in [1.165, 1.54) is 19.3 Å². The van der Waals surface area contributed by atoms with Crippen molar-refractivity contribution in [3.05, 3.63) is 11.8 Å². The number of hydrogen-bond donors (Lipinski definition) is 2. The first kappa shape index (κ1) is 14.1. The van der Waals surface area contributed by atoms with E-state index >= 15 is 0 Å². The fourth-order valence-electron chi connectivity index (χ4n) is 2.66. The first-order valence-electron chi connectivity index (χ1n) is 7.34. The van der Waals surface area contributed by atoms with Crippen molar-refractivity contribution in [1.29, 1.82) is 0 Å². The van der Waals surface area contributed by atoms with Gasteiger partial charge in [-0.2, -0.15) is 4.98 Å². The second-order valence-corrected chi connectivity index (χ2v) is 6.40. The summed E-state index contributed by atoms with van der Waals surface area (Å²) in [5.74, 6) is 1.71. The molecule has 2 rings (SSSR count). The van der Waals surface area contributed by atoms with Crippen LogP contribution in [-0.2, 0) is 0 Å². The average molecular weight is 262 g/mol. The number of aromatic nitrogens is 2. The maximum Gasteiger partial charge on any atom is 0.224 e. The van der Waals surface area contributed by atoms with E-state index < -0.39 is 0 Å². The smallest absolute Gasteiger partial charge is 0.224 e. The minimum absolute atomic E-state index is 0.460. The molecule has 0 bridgehead atoms. The predicted molar refractivity (Wildman–Crippen MR) is 80.6 cm³/mol. The fourth-order valence-corrected chi connectivity index (χ4v) is 2.66. The highest BCUT2D eigenvalue weighted by Crippen LogP contribution is 2.38. The normalized spacial score (nSPS) is 21.4. The number of aryl methyl sites for hydroxylation is 1. The molecule has 1 heterocycles. The molecule has 1 saturated carbocycles. The van der Waals surface area contributed by atoms with E-state index in [1.807, 2.05) is 6.20 Å². The summed E-state index contributed by atoms with van der Waals surface area (Å²) < 4.78 is 0. The molecule has 1 aliphatic carbocycles. The zero-order valence-electron chi connectivity index (χ0n) is 12.6. The molecule has 1 fully saturated rings. The van der Waals surface area contributed by atoms with Gasteiger partial charge in [0.15, 0.2) is 0 Å². The summed E-state index contributed by atoms with van der Waals surface area (Å²) in [5.41, 5.74) is 1.58. The molecule has 0 radical (unpaired) electrons. The lowest BCUT2D eigenvalue weighted by Crippen LogP contribution is -2.19. The number of hydrogen-bond acceptors (Lipinski definition) is 4. The summed E-state index contributed by atoms with van der Waals surface area (Å²) in [6, 6.07) is 0.544. The average Bonchev–Trinajstić information content (AvgIpc) is 2.70. The molecule has 2 N–H and O–H groups in total. The zero-order valence-corrected chi connectivity index (χ0v) is 12.6. The van der Waals surface area contributed by atoms with E-state index in [0.29, 0.717) is 11.5 Å². The third kappa shape index (κ3) is 3.82. The second-order valence-electron chi connectivity index (χ2n) is 6.40. The molecule has 4 heteroatoms. The van der Waals surface area contributed by atoms with Crippen molar-refractivity contribution in [3.8, 4) is 0 Å². The summed E-state index contributed by atoms with van der Waals surface area (Å²) in [5, 5.41) is 6.83. The lowest BCUT2D eigenvalue weighted by molar-refractivity contribution is 0.378. The molecule has 19 heavy (non-hydrogen) atoms. The van der Waals surface area contributed by atoms with Crippen molar-refractivity contribution in [2.45, 2.75) is 59.4 Å². The number of anilines is 2. The molecule has 0 spiro atoms. The summed E-state index contributed by atoms with van der Waals surface area (Å²) in [6.45, 7) is 9.80. The molecule has 106 valence electrons. The SMILES string of the molecule is CCCNc1ncc(C)c(NC2CCC(C)(C)C2)n1. The molecule has 0 saturated heterocycles. The highest BCUT2D eigenvalue weighted by molar-refractivity contribution is 5.47. The van der Waals surface area contributed by atoms with Crippen LogP contribution in [0.3, 0.4) is 0 Å². The highest BCUT2D eigenvalue weighted by Gasteiger charge is 2.31. The largest absolute Gasteiger partial charge is 0.367 e. The van der Waals surface area contributed by atoms with Gasteiger partial charge in [0, 0.05) is 24.3 Å². The Labute approximate surface area is 116 Å². The van der Waals surface area contributed by atoms with Gasteiger partial charge in [-0.15, -0.1) is 0 Å². The Bertz CT molecular complexity index is 428. The van der Waals surface area contributed by atoms with Gasteiger partial charge in [0.25, 0.3) is 0 Å². The van der Waals surface area contributed by atoms with Gasteiger partial charge >= 0.3 is 0 Å². The maximum absolute atomic E-state index is 4.59. The first-order chi connectivity index (χ1) is 9.00. The minimum atomic E-state index is 0.460. The van der Waals surface area contributed by atoms with Gasteiger partial charge in [0.05, 0.1) is 0 Å². The van der Waals surface area contributed by atoms with Crippen LogP contribution >= 0.6 is 0 Å². The molecule has 1 unspecified atom stereocenters. The molecule has 1 aromatic heterocycles. The summed E-state index contributed by atoms with van der Waals surface area (Å²) in [6.07, 6.45) is 6.71. The Morgan fingerprint density at radius 3 is 2.84 bits per heavy atom. The second kappa shape index (κ2) is 5.76. The van der Waals surface area contributed by atoms with Gasteiger partial charge in [-0.1, -0.05) is 20.8 Å². The number of nitrogens with zero attached hydrogens (tertiary/aromatic N) is 2. The number of nitrogens with one attached hydrogen (secondary N) is 2. The molecule has 1 aromatic rings. The zero-order chi connectivity index (χ0) is 13.9. The quantitative estimate of drug-likeness (QED) is 0.851. The third-order valence-corrected chi connectivity index (χ3v) is 3.81. The van der Waals surface area contributed by atoms with Crippen LogP contribution in [0, 0.1) is 12.3 Å². The monoisotopic (exact) mass is 262 g/mol. The van der Waals surface area contributed by atoms with Crippen LogP contribution in [-0.4, -0.2) is 22.6 Å². The van der Waals surface area contributed by atoms with Crippen LogP contribution in [0.5, 0.6) is 0 Å².